The molecule has 0 radical (unpaired) electrons. The number of piperidine rings is 1. The largest absolute Gasteiger partial charge is 0.497 e. The van der Waals surface area contributed by atoms with E-state index in [4.69, 9.17) is 9.47 Å². The topological polar surface area (TPSA) is 154 Å². The van der Waals surface area contributed by atoms with Gasteiger partial charge < -0.3 is 19.4 Å². The molecular formula is C34H31FN6O7. The number of carbonyl (C=O) groups excluding carboxylic acids is 4. The van der Waals surface area contributed by atoms with Gasteiger partial charge in [-0.15, -0.1) is 0 Å². The summed E-state index contributed by atoms with van der Waals surface area (Å²) < 4.78 is 25.9. The minimum absolute atomic E-state index is 0.00803. The Morgan fingerprint density at radius 2 is 1.60 bits per heavy atom. The van der Waals surface area contributed by atoms with Gasteiger partial charge in [0.25, 0.3) is 17.4 Å². The van der Waals surface area contributed by atoms with Crippen molar-refractivity contribution in [3.63, 3.8) is 0 Å². The van der Waals surface area contributed by atoms with Gasteiger partial charge in [0.15, 0.2) is 0 Å². The number of rotatable bonds is 7. The molecule has 0 spiro atoms. The first-order valence-corrected chi connectivity index (χ1v) is 15.4. The molecule has 48 heavy (non-hydrogen) atoms. The quantitative estimate of drug-likeness (QED) is 0.284. The van der Waals surface area contributed by atoms with Crippen molar-refractivity contribution >= 4 is 40.2 Å². The van der Waals surface area contributed by atoms with E-state index in [-0.39, 0.29) is 41.6 Å². The van der Waals surface area contributed by atoms with Crippen molar-refractivity contribution in [1.29, 1.82) is 0 Å². The number of benzene rings is 3. The summed E-state index contributed by atoms with van der Waals surface area (Å²) in [5.41, 5.74) is 2.09. The standard InChI is InChI=1S/C34H31FN6O7/c1-47-21-14-25-29(27(15-21)48-2)32(44)38-30(36-25)18-3-5-20(6-4-18)40-11-9-39(10-12-40)17-19-13-22-23(16-24(19)35)34(46)41(33(22)45)26-7-8-28(42)37-31(26)43/h3-6,13-16,26H,7-12,17H2,1-2H3,(H,36,38,44)(H,37,42,43). The number of ether oxygens (including phenoxy) is 2. The number of imide groups is 2. The number of nitrogens with zero attached hydrogens (tertiary/aromatic N) is 4. The Labute approximate surface area is 273 Å². The average Bonchev–Trinajstić information content (AvgIpc) is 3.32. The van der Waals surface area contributed by atoms with Crippen LogP contribution in [0.15, 0.2) is 53.3 Å². The molecule has 2 N–H and O–H groups in total. The molecule has 3 aliphatic heterocycles. The third-order valence-electron chi connectivity index (χ3n) is 9.08. The number of fused-ring (bicyclic) bond motifs is 2. The second-order valence-corrected chi connectivity index (χ2v) is 11.9. The second kappa shape index (κ2) is 12.2. The van der Waals surface area contributed by atoms with Crippen molar-refractivity contribution in [3.05, 3.63) is 81.4 Å². The maximum atomic E-state index is 15.2. The highest BCUT2D eigenvalue weighted by atomic mass is 19.1. The number of hydrogen-bond donors (Lipinski definition) is 2. The van der Waals surface area contributed by atoms with E-state index in [1.54, 1.807) is 12.1 Å². The molecule has 0 aliphatic carbocycles. The zero-order valence-corrected chi connectivity index (χ0v) is 26.2. The number of anilines is 1. The third kappa shape index (κ3) is 5.43. The first-order chi connectivity index (χ1) is 23.1. The van der Waals surface area contributed by atoms with Crippen LogP contribution in [0.3, 0.4) is 0 Å². The van der Waals surface area contributed by atoms with Gasteiger partial charge in [-0.05, 0) is 42.8 Å². The van der Waals surface area contributed by atoms with Crippen molar-refractivity contribution < 1.29 is 33.0 Å². The Balaban J connectivity index is 1.02. The van der Waals surface area contributed by atoms with E-state index in [9.17, 15) is 24.0 Å². The lowest BCUT2D eigenvalue weighted by Crippen LogP contribution is -2.54. The maximum absolute atomic E-state index is 15.2. The molecule has 14 heteroatoms. The minimum atomic E-state index is -1.11. The number of methoxy groups -OCH3 is 2. The van der Waals surface area contributed by atoms with Crippen LogP contribution < -0.4 is 25.2 Å². The normalized spacial score (nSPS) is 18.4. The van der Waals surface area contributed by atoms with E-state index in [2.05, 4.69) is 25.1 Å². The number of carbonyl (C=O) groups is 4. The van der Waals surface area contributed by atoms with Crippen LogP contribution in [0.1, 0.15) is 39.1 Å². The van der Waals surface area contributed by atoms with E-state index < -0.39 is 35.5 Å². The molecule has 0 saturated carbocycles. The fourth-order valence-electron chi connectivity index (χ4n) is 6.52. The molecular weight excluding hydrogens is 623 g/mol. The Kier molecular flexibility index (Phi) is 7.87. The van der Waals surface area contributed by atoms with Gasteiger partial charge >= 0.3 is 0 Å². The molecule has 3 aromatic carbocycles. The van der Waals surface area contributed by atoms with Crippen molar-refractivity contribution in [2.45, 2.75) is 25.4 Å². The van der Waals surface area contributed by atoms with Gasteiger partial charge in [-0.25, -0.2) is 9.37 Å². The van der Waals surface area contributed by atoms with Crippen LogP contribution in [0, 0.1) is 5.82 Å². The van der Waals surface area contributed by atoms with Gasteiger partial charge in [-0.1, -0.05) is 0 Å². The highest BCUT2D eigenvalue weighted by Gasteiger charge is 2.45. The predicted molar refractivity (Wildman–Crippen MR) is 171 cm³/mol. The Hall–Kier alpha value is -5.63. The molecule has 13 nitrogen and oxygen atoms in total. The lowest BCUT2D eigenvalue weighted by Gasteiger charge is -2.36. The summed E-state index contributed by atoms with van der Waals surface area (Å²) in [4.78, 5) is 75.6. The Morgan fingerprint density at radius 1 is 0.896 bits per heavy atom. The monoisotopic (exact) mass is 654 g/mol. The molecule has 1 aromatic heterocycles. The van der Waals surface area contributed by atoms with E-state index >= 15 is 4.39 Å². The number of amides is 4. The van der Waals surface area contributed by atoms with Crippen LogP contribution in [0.2, 0.25) is 0 Å². The number of H-pyrrole nitrogens is 1. The molecule has 2 fully saturated rings. The van der Waals surface area contributed by atoms with Gasteiger partial charge in [0.2, 0.25) is 11.8 Å². The SMILES string of the molecule is COc1cc(OC)c2c(=O)[nH]c(-c3ccc(N4CCN(Cc5cc6c(cc5F)C(=O)N(C5CCC(=O)NC5=O)C6=O)CC4)cc3)nc2c1. The molecule has 3 aliphatic rings. The number of halogens is 1. The van der Waals surface area contributed by atoms with Crippen LogP contribution in [-0.2, 0) is 16.1 Å². The summed E-state index contributed by atoms with van der Waals surface area (Å²) in [5, 5.41) is 2.50. The molecule has 4 aromatic rings. The molecule has 1 unspecified atom stereocenters. The number of nitrogens with one attached hydrogen (secondary N) is 2. The highest BCUT2D eigenvalue weighted by molar-refractivity contribution is 6.23. The zero-order chi connectivity index (χ0) is 33.7. The van der Waals surface area contributed by atoms with Gasteiger partial charge in [-0.2, -0.15) is 0 Å². The third-order valence-corrected chi connectivity index (χ3v) is 9.08. The van der Waals surface area contributed by atoms with Crippen LogP contribution in [0.4, 0.5) is 10.1 Å². The first kappa shape index (κ1) is 31.0. The molecule has 7 rings (SSSR count). The van der Waals surface area contributed by atoms with Crippen LogP contribution >= 0.6 is 0 Å². The van der Waals surface area contributed by atoms with Crippen LogP contribution in [-0.4, -0.2) is 89.8 Å². The maximum Gasteiger partial charge on any atom is 0.262 e. The van der Waals surface area contributed by atoms with Gasteiger partial charge in [0, 0.05) is 68.1 Å². The molecule has 4 amide bonds. The first-order valence-electron chi connectivity index (χ1n) is 15.4. The molecule has 246 valence electrons. The van der Waals surface area contributed by atoms with E-state index in [1.807, 2.05) is 24.3 Å². The summed E-state index contributed by atoms with van der Waals surface area (Å²) in [5.74, 6) is -1.87. The Morgan fingerprint density at radius 3 is 2.27 bits per heavy atom. The predicted octanol–water partition coefficient (Wildman–Crippen LogP) is 2.47. The van der Waals surface area contributed by atoms with Gasteiger partial charge in [0.05, 0.1) is 30.9 Å². The van der Waals surface area contributed by atoms with Crippen LogP contribution in [0.5, 0.6) is 11.5 Å². The van der Waals surface area contributed by atoms with Crippen LogP contribution in [0.25, 0.3) is 22.3 Å². The average molecular weight is 655 g/mol. The fraction of sp³-hybridized carbons (Fsp3) is 0.294. The smallest absolute Gasteiger partial charge is 0.262 e. The van der Waals surface area contributed by atoms with Crippen molar-refractivity contribution in [2.75, 3.05) is 45.3 Å². The molecule has 0 bridgehead atoms. The lowest BCUT2D eigenvalue weighted by atomic mass is 10.0. The lowest BCUT2D eigenvalue weighted by molar-refractivity contribution is -0.136. The Bertz CT molecular complexity index is 2060. The number of piperazine rings is 1. The molecule has 4 heterocycles. The zero-order valence-electron chi connectivity index (χ0n) is 26.2. The summed E-state index contributed by atoms with van der Waals surface area (Å²) in [6.07, 6.45) is 0.0394. The van der Waals surface area contributed by atoms with E-state index in [1.165, 1.54) is 20.3 Å². The summed E-state index contributed by atoms with van der Waals surface area (Å²) in [7, 11) is 3.01. The van der Waals surface area contributed by atoms with Gasteiger partial charge in [-0.3, -0.25) is 39.1 Å². The number of hydrogen-bond acceptors (Lipinski definition) is 10. The van der Waals surface area contributed by atoms with Gasteiger partial charge in [0.1, 0.15) is 34.6 Å². The van der Waals surface area contributed by atoms with E-state index in [0.29, 0.717) is 54.4 Å². The fourth-order valence-corrected chi connectivity index (χ4v) is 6.52. The highest BCUT2D eigenvalue weighted by Crippen LogP contribution is 2.32. The summed E-state index contributed by atoms with van der Waals surface area (Å²) in [6.45, 7) is 2.81. The van der Waals surface area contributed by atoms with E-state index in [0.717, 1.165) is 22.2 Å². The summed E-state index contributed by atoms with van der Waals surface area (Å²) >= 11 is 0. The molecule has 2 saturated heterocycles. The molecule has 1 atom stereocenters. The van der Waals surface area contributed by atoms with Crippen molar-refractivity contribution in [1.82, 2.24) is 25.1 Å². The number of aromatic amines is 1. The second-order valence-electron chi connectivity index (χ2n) is 11.9. The summed E-state index contributed by atoms with van der Waals surface area (Å²) in [6, 6.07) is 12.4. The van der Waals surface area contributed by atoms with Crippen molar-refractivity contribution in [3.8, 4) is 22.9 Å². The minimum Gasteiger partial charge on any atom is -0.497 e. The van der Waals surface area contributed by atoms with Crippen molar-refractivity contribution in [2.24, 2.45) is 0 Å². The number of aromatic nitrogens is 2.